The quantitative estimate of drug-likeness (QED) is 0.515. The van der Waals surface area contributed by atoms with Crippen LogP contribution in [0, 0.1) is 5.92 Å². The molecule has 1 saturated carbocycles. The number of hydrogen-bond donors (Lipinski definition) is 2. The van der Waals surface area contributed by atoms with Crippen LogP contribution in [0.1, 0.15) is 39.0 Å². The highest BCUT2D eigenvalue weighted by Crippen LogP contribution is 2.34. The Morgan fingerprint density at radius 2 is 2.07 bits per heavy atom. The van der Waals surface area contributed by atoms with Crippen molar-refractivity contribution in [1.29, 1.82) is 0 Å². The number of carbonyl (C=O) groups is 3. The van der Waals surface area contributed by atoms with Crippen molar-refractivity contribution in [3.8, 4) is 0 Å². The van der Waals surface area contributed by atoms with E-state index in [0.717, 1.165) is 25.7 Å². The minimum absolute atomic E-state index is 0.210. The number of halogens is 3. The topological polar surface area (TPSA) is 87.7 Å². The first-order chi connectivity index (χ1) is 12.6. The summed E-state index contributed by atoms with van der Waals surface area (Å²) in [6.45, 7) is 2.50. The van der Waals surface area contributed by atoms with Crippen LogP contribution in [0.25, 0.3) is 0 Å². The molecule has 2 N–H and O–H groups in total. The Labute approximate surface area is 155 Å². The normalized spacial score (nSPS) is 27.7. The molecule has 2 amide bonds. The van der Waals surface area contributed by atoms with Gasteiger partial charge in [0.1, 0.15) is 17.7 Å². The van der Waals surface area contributed by atoms with Crippen molar-refractivity contribution < 1.29 is 32.3 Å². The Morgan fingerprint density at radius 1 is 1.37 bits per heavy atom. The van der Waals surface area contributed by atoms with Crippen molar-refractivity contribution in [1.82, 2.24) is 15.5 Å². The first kappa shape index (κ1) is 19.9. The number of carbonyl (C=O) groups excluding carboxylic acids is 3. The van der Waals surface area contributed by atoms with E-state index in [0.29, 0.717) is 25.4 Å². The minimum atomic E-state index is -5.16. The second-order valence-corrected chi connectivity index (χ2v) is 7.64. The van der Waals surface area contributed by atoms with Crippen LogP contribution in [0.15, 0.2) is 0 Å². The van der Waals surface area contributed by atoms with E-state index in [1.54, 1.807) is 0 Å². The van der Waals surface area contributed by atoms with Gasteiger partial charge in [0.25, 0.3) is 0 Å². The van der Waals surface area contributed by atoms with E-state index >= 15 is 0 Å². The van der Waals surface area contributed by atoms with E-state index in [1.165, 1.54) is 11.8 Å². The minimum Gasteiger partial charge on any atom is -0.453 e. The fraction of sp³-hybridized carbons (Fsp3) is 0.824. The van der Waals surface area contributed by atoms with Gasteiger partial charge in [-0.3, -0.25) is 9.59 Å². The molecular formula is C17H24F3N3O4. The Bertz CT molecular complexity index is 615. The predicted molar refractivity (Wildman–Crippen MR) is 87.4 cm³/mol. The van der Waals surface area contributed by atoms with Gasteiger partial charge in [-0.25, -0.2) is 4.79 Å². The number of rotatable bonds is 6. The van der Waals surface area contributed by atoms with Crippen LogP contribution in [-0.2, 0) is 19.1 Å². The van der Waals surface area contributed by atoms with Crippen LogP contribution in [0.2, 0.25) is 0 Å². The van der Waals surface area contributed by atoms with Crippen molar-refractivity contribution >= 4 is 17.8 Å². The van der Waals surface area contributed by atoms with Gasteiger partial charge in [-0.15, -0.1) is 0 Å². The van der Waals surface area contributed by atoms with Gasteiger partial charge in [0.15, 0.2) is 0 Å². The lowest BCUT2D eigenvalue weighted by Crippen LogP contribution is -2.76. The number of alkyl halides is 3. The SMILES string of the molecule is C[C@@H](OC(=O)C(F)(F)F)[C@@H](C(=O)NCC1CCC1)N1CC2(CCCN2)C1=O. The fourth-order valence-corrected chi connectivity index (χ4v) is 3.92. The molecule has 2 aliphatic heterocycles. The highest BCUT2D eigenvalue weighted by Gasteiger charge is 2.58. The van der Waals surface area contributed by atoms with Gasteiger partial charge in [0.05, 0.1) is 0 Å². The van der Waals surface area contributed by atoms with Crippen LogP contribution in [-0.4, -0.2) is 66.2 Å². The van der Waals surface area contributed by atoms with Crippen molar-refractivity contribution in [2.24, 2.45) is 5.92 Å². The summed E-state index contributed by atoms with van der Waals surface area (Å²) in [5, 5.41) is 5.81. The molecule has 1 aliphatic carbocycles. The average molecular weight is 391 g/mol. The number of ether oxygens (including phenoxy) is 1. The molecule has 0 aromatic heterocycles. The van der Waals surface area contributed by atoms with Crippen LogP contribution in [0.3, 0.4) is 0 Å². The third-order valence-electron chi connectivity index (χ3n) is 5.72. The molecule has 10 heteroatoms. The van der Waals surface area contributed by atoms with Crippen molar-refractivity contribution in [3.05, 3.63) is 0 Å². The summed E-state index contributed by atoms with van der Waals surface area (Å²) in [6.07, 6.45) is -2.08. The molecule has 27 heavy (non-hydrogen) atoms. The van der Waals surface area contributed by atoms with Gasteiger partial charge in [-0.1, -0.05) is 6.42 Å². The highest BCUT2D eigenvalue weighted by atomic mass is 19.4. The lowest BCUT2D eigenvalue weighted by atomic mass is 9.84. The van der Waals surface area contributed by atoms with Crippen LogP contribution >= 0.6 is 0 Å². The first-order valence-corrected chi connectivity index (χ1v) is 9.26. The number of nitrogens with zero attached hydrogens (tertiary/aromatic N) is 1. The molecule has 0 radical (unpaired) electrons. The summed E-state index contributed by atoms with van der Waals surface area (Å²) in [5.41, 5.74) is -0.736. The molecule has 7 nitrogen and oxygen atoms in total. The van der Waals surface area contributed by atoms with E-state index in [4.69, 9.17) is 0 Å². The molecule has 3 atom stereocenters. The van der Waals surface area contributed by atoms with Gasteiger partial charge in [0, 0.05) is 13.1 Å². The summed E-state index contributed by atoms with van der Waals surface area (Å²) in [4.78, 5) is 37.7. The zero-order chi connectivity index (χ0) is 19.8. The lowest BCUT2D eigenvalue weighted by Gasteiger charge is -2.50. The van der Waals surface area contributed by atoms with Gasteiger partial charge >= 0.3 is 12.1 Å². The Balaban J connectivity index is 1.69. The average Bonchev–Trinajstić information content (AvgIpc) is 3.03. The molecule has 2 heterocycles. The molecule has 3 aliphatic rings. The standard InChI is InChI=1S/C17H24F3N3O4/c1-10(27-15(26)17(18,19)20)12(13(24)21-8-11-4-2-5-11)23-9-16(14(23)25)6-3-7-22-16/h10-12,22H,2-9H2,1H3,(H,21,24)/t10-,12+,16?/m1/s1. The third-order valence-corrected chi connectivity index (χ3v) is 5.72. The maximum atomic E-state index is 12.6. The van der Waals surface area contributed by atoms with Gasteiger partial charge in [-0.05, 0) is 45.1 Å². The number of amides is 2. The smallest absolute Gasteiger partial charge is 0.453 e. The molecule has 152 valence electrons. The second kappa shape index (κ2) is 7.29. The van der Waals surface area contributed by atoms with Crippen LogP contribution in [0.4, 0.5) is 13.2 Å². The second-order valence-electron chi connectivity index (χ2n) is 7.64. The predicted octanol–water partition coefficient (Wildman–Crippen LogP) is 0.730. The fourth-order valence-electron chi connectivity index (χ4n) is 3.92. The Kier molecular flexibility index (Phi) is 5.38. The molecule has 1 spiro atoms. The maximum Gasteiger partial charge on any atom is 0.490 e. The van der Waals surface area contributed by atoms with Crippen LogP contribution in [0.5, 0.6) is 0 Å². The number of likely N-dealkylation sites (tertiary alicyclic amines) is 1. The molecule has 0 aromatic carbocycles. The summed E-state index contributed by atoms with van der Waals surface area (Å²) in [6, 6.07) is -1.28. The largest absolute Gasteiger partial charge is 0.490 e. The van der Waals surface area contributed by atoms with Gasteiger partial charge in [-0.2, -0.15) is 13.2 Å². The number of β-lactam (4-membered cyclic amide) rings is 1. The van der Waals surface area contributed by atoms with E-state index in [-0.39, 0.29) is 12.5 Å². The molecule has 0 aromatic rings. The monoisotopic (exact) mass is 391 g/mol. The van der Waals surface area contributed by atoms with Crippen LogP contribution < -0.4 is 10.6 Å². The highest BCUT2D eigenvalue weighted by molar-refractivity contribution is 5.97. The summed E-state index contributed by atoms with van der Waals surface area (Å²) in [5.74, 6) is -2.95. The van der Waals surface area contributed by atoms with E-state index in [1.807, 2.05) is 0 Å². The van der Waals surface area contributed by atoms with Crippen molar-refractivity contribution in [2.45, 2.75) is 62.9 Å². The molecule has 3 rings (SSSR count). The summed E-state index contributed by atoms with van der Waals surface area (Å²) in [7, 11) is 0. The Morgan fingerprint density at radius 3 is 2.56 bits per heavy atom. The Hall–Kier alpha value is -1.84. The number of nitrogens with one attached hydrogen (secondary N) is 2. The van der Waals surface area contributed by atoms with Gasteiger partial charge < -0.3 is 20.3 Å². The van der Waals surface area contributed by atoms with Crippen molar-refractivity contribution in [2.75, 3.05) is 19.6 Å². The zero-order valence-corrected chi connectivity index (χ0v) is 15.1. The molecule has 3 fully saturated rings. The number of esters is 1. The lowest BCUT2D eigenvalue weighted by molar-refractivity contribution is -0.208. The molecule has 2 saturated heterocycles. The third kappa shape index (κ3) is 3.90. The van der Waals surface area contributed by atoms with E-state index in [2.05, 4.69) is 15.4 Å². The maximum absolute atomic E-state index is 12.6. The zero-order valence-electron chi connectivity index (χ0n) is 15.1. The molecule has 1 unspecified atom stereocenters. The van der Waals surface area contributed by atoms with E-state index in [9.17, 15) is 27.6 Å². The summed E-state index contributed by atoms with van der Waals surface area (Å²) < 4.78 is 42.1. The first-order valence-electron chi connectivity index (χ1n) is 9.26. The summed E-state index contributed by atoms with van der Waals surface area (Å²) >= 11 is 0. The van der Waals surface area contributed by atoms with E-state index < -0.39 is 35.7 Å². The number of hydrogen-bond acceptors (Lipinski definition) is 5. The molecule has 0 bridgehead atoms. The van der Waals surface area contributed by atoms with Gasteiger partial charge in [0.2, 0.25) is 11.8 Å². The molecular weight excluding hydrogens is 367 g/mol. The van der Waals surface area contributed by atoms with Crippen molar-refractivity contribution in [3.63, 3.8) is 0 Å².